The van der Waals surface area contributed by atoms with Crippen LogP contribution in [-0.2, 0) is 11.2 Å². The summed E-state index contributed by atoms with van der Waals surface area (Å²) in [6.07, 6.45) is 0.292. The maximum Gasteiger partial charge on any atom is 0.228 e. The Balaban J connectivity index is 2.03. The second-order valence-electron chi connectivity index (χ2n) is 4.04. The Morgan fingerprint density at radius 3 is 2.53 bits per heavy atom. The predicted octanol–water partition coefficient (Wildman–Crippen LogP) is 3.64. The summed E-state index contributed by atoms with van der Waals surface area (Å²) in [4.78, 5) is 12.0. The Hall–Kier alpha value is -1.81. The van der Waals surface area contributed by atoms with Crippen LogP contribution in [0.4, 0.5) is 5.69 Å². The van der Waals surface area contributed by atoms with Gasteiger partial charge in [0.15, 0.2) is 0 Å². The topological polar surface area (TPSA) is 38.3 Å². The molecule has 3 nitrogen and oxygen atoms in total. The SMILES string of the molecule is COc1ccccc1CC(=O)Nc1ccc(Br)cc1. The van der Waals surface area contributed by atoms with Gasteiger partial charge in [0.2, 0.25) is 5.91 Å². The number of amides is 1. The average molecular weight is 320 g/mol. The van der Waals surface area contributed by atoms with E-state index in [4.69, 9.17) is 4.74 Å². The molecule has 0 radical (unpaired) electrons. The third kappa shape index (κ3) is 3.83. The molecule has 0 atom stereocenters. The number of para-hydroxylation sites is 1. The van der Waals surface area contributed by atoms with Crippen molar-refractivity contribution < 1.29 is 9.53 Å². The summed E-state index contributed by atoms with van der Waals surface area (Å²) in [5.41, 5.74) is 1.66. The Bertz CT molecular complexity index is 567. The molecule has 0 aliphatic carbocycles. The first-order chi connectivity index (χ1) is 9.19. The molecule has 4 heteroatoms. The van der Waals surface area contributed by atoms with Crippen molar-refractivity contribution in [3.63, 3.8) is 0 Å². The number of rotatable bonds is 4. The van der Waals surface area contributed by atoms with E-state index in [1.54, 1.807) is 7.11 Å². The molecule has 2 rings (SSSR count). The molecule has 98 valence electrons. The van der Waals surface area contributed by atoms with Crippen molar-refractivity contribution >= 4 is 27.5 Å². The second-order valence-corrected chi connectivity index (χ2v) is 4.96. The molecule has 0 heterocycles. The lowest BCUT2D eigenvalue weighted by atomic mass is 10.1. The molecule has 0 saturated heterocycles. The molecular weight excluding hydrogens is 306 g/mol. The fraction of sp³-hybridized carbons (Fsp3) is 0.133. The van der Waals surface area contributed by atoms with Crippen LogP contribution in [0.15, 0.2) is 53.0 Å². The van der Waals surface area contributed by atoms with E-state index in [1.807, 2.05) is 48.5 Å². The molecule has 1 amide bonds. The van der Waals surface area contributed by atoms with Crippen molar-refractivity contribution in [3.05, 3.63) is 58.6 Å². The fourth-order valence-electron chi connectivity index (χ4n) is 1.76. The minimum atomic E-state index is -0.0631. The van der Waals surface area contributed by atoms with Crippen molar-refractivity contribution in [3.8, 4) is 5.75 Å². The quantitative estimate of drug-likeness (QED) is 0.934. The summed E-state index contributed by atoms with van der Waals surface area (Å²) in [6.45, 7) is 0. The second kappa shape index (κ2) is 6.38. The summed E-state index contributed by atoms with van der Waals surface area (Å²) in [5.74, 6) is 0.667. The van der Waals surface area contributed by atoms with E-state index in [9.17, 15) is 4.79 Å². The molecule has 0 bridgehead atoms. The Morgan fingerprint density at radius 1 is 1.16 bits per heavy atom. The zero-order valence-electron chi connectivity index (χ0n) is 10.5. The number of halogens is 1. The molecular formula is C15H14BrNO2. The van der Waals surface area contributed by atoms with Crippen LogP contribution in [0.1, 0.15) is 5.56 Å². The summed E-state index contributed by atoms with van der Waals surface area (Å²) in [6, 6.07) is 15.0. The van der Waals surface area contributed by atoms with Gasteiger partial charge in [-0.1, -0.05) is 34.1 Å². The molecule has 2 aromatic rings. The molecule has 0 spiro atoms. The van der Waals surface area contributed by atoms with Crippen LogP contribution in [0.5, 0.6) is 5.75 Å². The van der Waals surface area contributed by atoms with Crippen molar-refractivity contribution in [2.45, 2.75) is 6.42 Å². The lowest BCUT2D eigenvalue weighted by Crippen LogP contribution is -2.14. The van der Waals surface area contributed by atoms with Crippen molar-refractivity contribution in [1.82, 2.24) is 0 Å². The number of ether oxygens (including phenoxy) is 1. The number of benzene rings is 2. The predicted molar refractivity (Wildman–Crippen MR) is 79.5 cm³/mol. The highest BCUT2D eigenvalue weighted by molar-refractivity contribution is 9.10. The van der Waals surface area contributed by atoms with Crippen LogP contribution in [0.25, 0.3) is 0 Å². The van der Waals surface area contributed by atoms with E-state index in [1.165, 1.54) is 0 Å². The zero-order chi connectivity index (χ0) is 13.7. The van der Waals surface area contributed by atoms with Crippen molar-refractivity contribution in [1.29, 1.82) is 0 Å². The van der Waals surface area contributed by atoms with E-state index < -0.39 is 0 Å². The van der Waals surface area contributed by atoms with Gasteiger partial charge in [-0.2, -0.15) is 0 Å². The van der Waals surface area contributed by atoms with Crippen LogP contribution in [0, 0.1) is 0 Å². The Kier molecular flexibility index (Phi) is 4.58. The van der Waals surface area contributed by atoms with Crippen LogP contribution >= 0.6 is 15.9 Å². The molecule has 0 aliphatic heterocycles. The van der Waals surface area contributed by atoms with Gasteiger partial charge in [-0.3, -0.25) is 4.79 Å². The van der Waals surface area contributed by atoms with Gasteiger partial charge in [-0.05, 0) is 30.3 Å². The molecule has 19 heavy (non-hydrogen) atoms. The van der Waals surface area contributed by atoms with E-state index in [0.29, 0.717) is 6.42 Å². The summed E-state index contributed by atoms with van der Waals surface area (Å²) in [5, 5.41) is 2.85. The summed E-state index contributed by atoms with van der Waals surface area (Å²) in [7, 11) is 1.60. The van der Waals surface area contributed by atoms with Gasteiger partial charge in [-0.25, -0.2) is 0 Å². The van der Waals surface area contributed by atoms with Gasteiger partial charge in [0.05, 0.1) is 13.5 Å². The highest BCUT2D eigenvalue weighted by atomic mass is 79.9. The minimum absolute atomic E-state index is 0.0631. The van der Waals surface area contributed by atoms with Gasteiger partial charge in [0.1, 0.15) is 5.75 Å². The first-order valence-electron chi connectivity index (χ1n) is 5.86. The van der Waals surface area contributed by atoms with Crippen LogP contribution in [0.2, 0.25) is 0 Å². The lowest BCUT2D eigenvalue weighted by Gasteiger charge is -2.09. The zero-order valence-corrected chi connectivity index (χ0v) is 12.1. The Labute approximate surface area is 120 Å². The molecule has 0 unspecified atom stereocenters. The first-order valence-corrected chi connectivity index (χ1v) is 6.65. The fourth-order valence-corrected chi connectivity index (χ4v) is 2.02. The molecule has 0 aromatic heterocycles. The number of hydrogen-bond donors (Lipinski definition) is 1. The van der Waals surface area contributed by atoms with Gasteiger partial charge < -0.3 is 10.1 Å². The maximum atomic E-state index is 12.0. The average Bonchev–Trinajstić information content (AvgIpc) is 2.42. The number of carbonyl (C=O) groups excluding carboxylic acids is 1. The van der Waals surface area contributed by atoms with Crippen LogP contribution in [-0.4, -0.2) is 13.0 Å². The Morgan fingerprint density at radius 2 is 1.84 bits per heavy atom. The summed E-state index contributed by atoms with van der Waals surface area (Å²) >= 11 is 3.36. The minimum Gasteiger partial charge on any atom is -0.496 e. The standard InChI is InChI=1S/C15H14BrNO2/c1-19-14-5-3-2-4-11(14)10-15(18)17-13-8-6-12(16)7-9-13/h2-9H,10H2,1H3,(H,17,18). The number of nitrogens with one attached hydrogen (secondary N) is 1. The van der Waals surface area contributed by atoms with Gasteiger partial charge >= 0.3 is 0 Å². The van der Waals surface area contributed by atoms with Crippen molar-refractivity contribution in [2.24, 2.45) is 0 Å². The van der Waals surface area contributed by atoms with Gasteiger partial charge in [0, 0.05) is 15.7 Å². The van der Waals surface area contributed by atoms with E-state index >= 15 is 0 Å². The summed E-state index contributed by atoms with van der Waals surface area (Å²) < 4.78 is 6.21. The normalized spacial score (nSPS) is 10.0. The van der Waals surface area contributed by atoms with Crippen molar-refractivity contribution in [2.75, 3.05) is 12.4 Å². The molecule has 0 aliphatic rings. The highest BCUT2D eigenvalue weighted by Gasteiger charge is 2.08. The number of carbonyl (C=O) groups is 1. The highest BCUT2D eigenvalue weighted by Crippen LogP contribution is 2.19. The molecule has 0 saturated carbocycles. The molecule has 2 aromatic carbocycles. The van der Waals surface area contributed by atoms with Gasteiger partial charge in [-0.15, -0.1) is 0 Å². The van der Waals surface area contributed by atoms with Crippen LogP contribution in [0.3, 0.4) is 0 Å². The number of anilines is 1. The maximum absolute atomic E-state index is 12.0. The monoisotopic (exact) mass is 319 g/mol. The third-order valence-electron chi connectivity index (χ3n) is 2.67. The van der Waals surface area contributed by atoms with E-state index in [2.05, 4.69) is 21.2 Å². The first kappa shape index (κ1) is 13.6. The molecule has 0 fully saturated rings. The lowest BCUT2D eigenvalue weighted by molar-refractivity contribution is -0.115. The largest absolute Gasteiger partial charge is 0.496 e. The molecule has 1 N–H and O–H groups in total. The van der Waals surface area contributed by atoms with Gasteiger partial charge in [0.25, 0.3) is 0 Å². The van der Waals surface area contributed by atoms with E-state index in [-0.39, 0.29) is 5.91 Å². The number of hydrogen-bond acceptors (Lipinski definition) is 2. The van der Waals surface area contributed by atoms with Crippen LogP contribution < -0.4 is 10.1 Å². The number of methoxy groups -OCH3 is 1. The van der Waals surface area contributed by atoms with E-state index in [0.717, 1.165) is 21.5 Å². The third-order valence-corrected chi connectivity index (χ3v) is 3.20. The smallest absolute Gasteiger partial charge is 0.228 e.